The van der Waals surface area contributed by atoms with Gasteiger partial charge in [-0.25, -0.2) is 0 Å². The molecular formula is C22H26ClN5O2. The average molecular weight is 428 g/mol. The number of likely N-dealkylation sites (tertiary alicyclic amines) is 1. The lowest BCUT2D eigenvalue weighted by Crippen LogP contribution is -2.39. The highest BCUT2D eigenvalue weighted by molar-refractivity contribution is 6.08. The number of benzene rings is 2. The highest BCUT2D eigenvalue weighted by Gasteiger charge is 2.29. The van der Waals surface area contributed by atoms with Crippen LogP contribution in [0.3, 0.4) is 0 Å². The summed E-state index contributed by atoms with van der Waals surface area (Å²) in [5, 5.41) is 14.1. The second kappa shape index (κ2) is 8.62. The molecule has 0 radical (unpaired) electrons. The number of nitrogens with one attached hydrogen (secondary N) is 1. The summed E-state index contributed by atoms with van der Waals surface area (Å²) in [5.74, 6) is 3.36. The van der Waals surface area contributed by atoms with Crippen molar-refractivity contribution in [3.05, 3.63) is 53.6 Å². The molecule has 0 spiro atoms. The van der Waals surface area contributed by atoms with Crippen molar-refractivity contribution in [1.82, 2.24) is 25.0 Å². The van der Waals surface area contributed by atoms with E-state index in [4.69, 9.17) is 4.74 Å². The van der Waals surface area contributed by atoms with Crippen molar-refractivity contribution in [3.63, 3.8) is 0 Å². The smallest absolute Gasteiger partial charge is 0.254 e. The molecule has 2 aliphatic rings. The van der Waals surface area contributed by atoms with Gasteiger partial charge in [0.2, 0.25) is 0 Å². The maximum absolute atomic E-state index is 13.3. The summed E-state index contributed by atoms with van der Waals surface area (Å²) in [6.45, 7) is 4.15. The summed E-state index contributed by atoms with van der Waals surface area (Å²) < 4.78 is 7.72. The van der Waals surface area contributed by atoms with E-state index in [1.165, 1.54) is 0 Å². The fourth-order valence-electron chi connectivity index (χ4n) is 4.56. The number of methoxy groups -OCH3 is 1. The lowest BCUT2D eigenvalue weighted by atomic mass is 9.94. The minimum absolute atomic E-state index is 0. The molecule has 0 atom stereocenters. The van der Waals surface area contributed by atoms with Crippen molar-refractivity contribution in [2.75, 3.05) is 26.7 Å². The van der Waals surface area contributed by atoms with E-state index < -0.39 is 0 Å². The lowest BCUT2D eigenvalue weighted by molar-refractivity contribution is 0.0712. The predicted molar refractivity (Wildman–Crippen MR) is 117 cm³/mol. The third kappa shape index (κ3) is 3.52. The summed E-state index contributed by atoms with van der Waals surface area (Å²) in [5.41, 5.74) is 0.741. The van der Waals surface area contributed by atoms with Crippen LogP contribution in [0, 0.1) is 0 Å². The van der Waals surface area contributed by atoms with Gasteiger partial charge in [0.15, 0.2) is 0 Å². The molecule has 1 N–H and O–H groups in total. The fraction of sp³-hybridized carbons (Fsp3) is 0.409. The monoisotopic (exact) mass is 427 g/mol. The van der Waals surface area contributed by atoms with Crippen LogP contribution in [0.1, 0.15) is 40.8 Å². The SMILES string of the molecule is COc1ccc(C(=O)N2CCC(c3nnc4n3CCNC4)CC2)c2ccccc12.Cl. The van der Waals surface area contributed by atoms with Crippen molar-refractivity contribution >= 4 is 29.1 Å². The summed E-state index contributed by atoms with van der Waals surface area (Å²) in [6.07, 6.45) is 1.84. The topological polar surface area (TPSA) is 72.3 Å². The number of rotatable bonds is 3. The van der Waals surface area contributed by atoms with E-state index in [-0.39, 0.29) is 18.3 Å². The fourth-order valence-corrected chi connectivity index (χ4v) is 4.56. The second-order valence-corrected chi connectivity index (χ2v) is 7.73. The van der Waals surface area contributed by atoms with Crippen LogP contribution in [0.2, 0.25) is 0 Å². The van der Waals surface area contributed by atoms with Gasteiger partial charge in [0.05, 0.1) is 13.7 Å². The van der Waals surface area contributed by atoms with Gasteiger partial charge >= 0.3 is 0 Å². The third-order valence-corrected chi connectivity index (χ3v) is 6.13. The number of nitrogens with zero attached hydrogens (tertiary/aromatic N) is 4. The van der Waals surface area contributed by atoms with Crippen LogP contribution in [0.15, 0.2) is 36.4 Å². The Morgan fingerprint density at radius 1 is 1.07 bits per heavy atom. The molecule has 8 heteroatoms. The van der Waals surface area contributed by atoms with Gasteiger partial charge < -0.3 is 19.5 Å². The van der Waals surface area contributed by atoms with E-state index in [0.29, 0.717) is 5.92 Å². The first kappa shape index (κ1) is 20.6. The van der Waals surface area contributed by atoms with Crippen LogP contribution in [0.5, 0.6) is 5.75 Å². The molecular weight excluding hydrogens is 402 g/mol. The maximum atomic E-state index is 13.3. The van der Waals surface area contributed by atoms with Gasteiger partial charge in [-0.2, -0.15) is 0 Å². The molecule has 2 aromatic carbocycles. The first-order valence-corrected chi connectivity index (χ1v) is 10.2. The van der Waals surface area contributed by atoms with Crippen LogP contribution < -0.4 is 10.1 Å². The van der Waals surface area contributed by atoms with Crippen molar-refractivity contribution in [2.45, 2.75) is 31.8 Å². The number of hydrogen-bond donors (Lipinski definition) is 1. The van der Waals surface area contributed by atoms with Crippen LogP contribution in [0.25, 0.3) is 10.8 Å². The van der Waals surface area contributed by atoms with Gasteiger partial charge in [0.1, 0.15) is 17.4 Å². The number of hydrogen-bond acceptors (Lipinski definition) is 5. The zero-order chi connectivity index (χ0) is 19.8. The number of ether oxygens (including phenoxy) is 1. The molecule has 0 unspecified atom stereocenters. The van der Waals surface area contributed by atoms with E-state index >= 15 is 0 Å². The number of amides is 1. The van der Waals surface area contributed by atoms with Crippen LogP contribution >= 0.6 is 12.4 Å². The van der Waals surface area contributed by atoms with Crippen LogP contribution in [-0.4, -0.2) is 52.3 Å². The minimum Gasteiger partial charge on any atom is -0.496 e. The van der Waals surface area contributed by atoms with Gasteiger partial charge in [-0.05, 0) is 30.4 Å². The molecule has 5 rings (SSSR count). The second-order valence-electron chi connectivity index (χ2n) is 7.73. The minimum atomic E-state index is 0. The average Bonchev–Trinajstić information content (AvgIpc) is 3.22. The van der Waals surface area contributed by atoms with E-state index in [1.807, 2.05) is 41.3 Å². The summed E-state index contributed by atoms with van der Waals surface area (Å²) in [6, 6.07) is 11.7. The highest BCUT2D eigenvalue weighted by atomic mass is 35.5. The molecule has 0 aliphatic carbocycles. The standard InChI is InChI=1S/C22H25N5O2.ClH/c1-29-19-7-6-18(16-4-2-3-5-17(16)19)22(28)26-11-8-15(9-12-26)21-25-24-20-14-23-10-13-27(20)21;/h2-7,15,23H,8-14H2,1H3;1H. The van der Waals surface area contributed by atoms with Gasteiger partial charge in [-0.15, -0.1) is 22.6 Å². The zero-order valence-electron chi connectivity index (χ0n) is 17.0. The number of piperidine rings is 1. The summed E-state index contributed by atoms with van der Waals surface area (Å²) in [4.78, 5) is 15.3. The third-order valence-electron chi connectivity index (χ3n) is 6.13. The van der Waals surface area contributed by atoms with E-state index in [1.54, 1.807) is 7.11 Å². The molecule has 3 aromatic rings. The molecule has 1 amide bonds. The zero-order valence-corrected chi connectivity index (χ0v) is 17.8. The molecule has 3 heterocycles. The first-order chi connectivity index (χ1) is 14.3. The molecule has 1 aromatic heterocycles. The van der Waals surface area contributed by atoms with E-state index in [0.717, 1.165) is 79.3 Å². The molecule has 0 bridgehead atoms. The van der Waals surface area contributed by atoms with E-state index in [9.17, 15) is 4.79 Å². The highest BCUT2D eigenvalue weighted by Crippen LogP contribution is 2.32. The van der Waals surface area contributed by atoms with Gasteiger partial charge in [0, 0.05) is 43.0 Å². The molecule has 7 nitrogen and oxygen atoms in total. The van der Waals surface area contributed by atoms with Gasteiger partial charge in [0.25, 0.3) is 5.91 Å². The predicted octanol–water partition coefficient (Wildman–Crippen LogP) is 2.98. The number of carbonyl (C=O) groups excluding carboxylic acids is 1. The molecule has 1 saturated heterocycles. The Morgan fingerprint density at radius 3 is 2.60 bits per heavy atom. The summed E-state index contributed by atoms with van der Waals surface area (Å²) >= 11 is 0. The number of aromatic nitrogens is 3. The Morgan fingerprint density at radius 2 is 1.83 bits per heavy atom. The molecule has 158 valence electrons. The Hall–Kier alpha value is -2.64. The molecule has 30 heavy (non-hydrogen) atoms. The first-order valence-electron chi connectivity index (χ1n) is 10.2. The van der Waals surface area contributed by atoms with Crippen molar-refractivity contribution in [3.8, 4) is 5.75 Å². The Bertz CT molecular complexity index is 1060. The molecule has 1 fully saturated rings. The van der Waals surface area contributed by atoms with Crippen molar-refractivity contribution in [2.24, 2.45) is 0 Å². The van der Waals surface area contributed by atoms with Crippen LogP contribution in [0.4, 0.5) is 0 Å². The summed E-state index contributed by atoms with van der Waals surface area (Å²) in [7, 11) is 1.66. The maximum Gasteiger partial charge on any atom is 0.254 e. The van der Waals surface area contributed by atoms with Crippen molar-refractivity contribution in [1.29, 1.82) is 0 Å². The normalized spacial score (nSPS) is 16.8. The number of fused-ring (bicyclic) bond motifs is 2. The van der Waals surface area contributed by atoms with Crippen LogP contribution in [-0.2, 0) is 13.1 Å². The number of halogens is 1. The lowest BCUT2D eigenvalue weighted by Gasteiger charge is -2.32. The number of carbonyl (C=O) groups is 1. The van der Waals surface area contributed by atoms with Gasteiger partial charge in [-0.1, -0.05) is 24.3 Å². The van der Waals surface area contributed by atoms with E-state index in [2.05, 4.69) is 20.1 Å². The van der Waals surface area contributed by atoms with Crippen molar-refractivity contribution < 1.29 is 9.53 Å². The Kier molecular flexibility index (Phi) is 5.92. The van der Waals surface area contributed by atoms with Gasteiger partial charge in [-0.3, -0.25) is 4.79 Å². The molecule has 0 saturated carbocycles. The Balaban J connectivity index is 0.00000218. The largest absolute Gasteiger partial charge is 0.496 e. The molecule has 2 aliphatic heterocycles. The quantitative estimate of drug-likeness (QED) is 0.695. The Labute approximate surface area is 181 Å².